The molecule has 3 atom stereocenters. The minimum absolute atomic E-state index is 0.0270. The van der Waals surface area contributed by atoms with Crippen molar-refractivity contribution in [2.24, 2.45) is 0 Å². The second-order valence-corrected chi connectivity index (χ2v) is 13.7. The molecule has 0 radical (unpaired) electrons. The fourth-order valence-electron chi connectivity index (χ4n) is 3.71. The van der Waals surface area contributed by atoms with Gasteiger partial charge in [-0.1, -0.05) is 0 Å². The third kappa shape index (κ3) is 4.30. The molecule has 1 aromatic carbocycles. The van der Waals surface area contributed by atoms with E-state index in [1.165, 1.54) is 25.3 Å². The zero-order valence-electron chi connectivity index (χ0n) is 15.1. The maximum Gasteiger partial charge on any atom is 0.183 e. The van der Waals surface area contributed by atoms with Gasteiger partial charge in [0.05, 0.1) is 40.3 Å². The molecular weight excluding hydrogens is 414 g/mol. The Labute approximate surface area is 160 Å². The Kier molecular flexibility index (Phi) is 5.34. The van der Waals surface area contributed by atoms with Crippen LogP contribution >= 0.6 is 0 Å². The van der Waals surface area contributed by atoms with Crippen molar-refractivity contribution in [3.8, 4) is 5.75 Å². The summed E-state index contributed by atoms with van der Waals surface area (Å²) in [6.45, 7) is 1.71. The largest absolute Gasteiger partial charge is 0.496 e. The summed E-state index contributed by atoms with van der Waals surface area (Å²) >= 11 is 0. The lowest BCUT2D eigenvalue weighted by atomic mass is 10.2. The number of ether oxygens (including phenoxy) is 1. The molecule has 2 saturated heterocycles. The molecule has 8 nitrogen and oxygen atoms in total. The molecule has 2 fully saturated rings. The van der Waals surface area contributed by atoms with Crippen LogP contribution < -0.4 is 10.1 Å². The number of benzene rings is 1. The smallest absolute Gasteiger partial charge is 0.183 e. The van der Waals surface area contributed by atoms with Gasteiger partial charge in [0.2, 0.25) is 0 Å². The summed E-state index contributed by atoms with van der Waals surface area (Å²) in [5.41, 5.74) is 0.630. The minimum atomic E-state index is -3.92. The average Bonchev–Trinajstić information content (AvgIpc) is 3.06. The van der Waals surface area contributed by atoms with Crippen molar-refractivity contribution in [3.05, 3.63) is 23.8 Å². The van der Waals surface area contributed by atoms with E-state index in [-0.39, 0.29) is 22.2 Å². The van der Waals surface area contributed by atoms with Crippen LogP contribution in [-0.4, -0.2) is 72.7 Å². The summed E-state index contributed by atoms with van der Waals surface area (Å²) in [4.78, 5) is 0.0359. The lowest BCUT2D eigenvalue weighted by Gasteiger charge is -2.23. The van der Waals surface area contributed by atoms with Crippen LogP contribution in [-0.2, 0) is 29.5 Å². The van der Waals surface area contributed by atoms with Crippen LogP contribution in [0.5, 0.6) is 5.75 Å². The normalized spacial score (nSPS) is 29.6. The molecule has 11 heteroatoms. The zero-order chi connectivity index (χ0) is 20.0. The number of rotatable bonds is 5. The van der Waals surface area contributed by atoms with Crippen molar-refractivity contribution in [2.45, 2.75) is 35.6 Å². The van der Waals surface area contributed by atoms with Gasteiger partial charge < -0.3 is 10.1 Å². The van der Waals surface area contributed by atoms with Crippen molar-refractivity contribution in [3.63, 3.8) is 0 Å². The van der Waals surface area contributed by atoms with E-state index in [9.17, 15) is 25.3 Å². The van der Waals surface area contributed by atoms with E-state index in [1.807, 2.05) is 0 Å². The van der Waals surface area contributed by atoms with Gasteiger partial charge in [-0.05, 0) is 37.1 Å². The number of sulfone groups is 3. The Hall–Kier alpha value is -1.17. The Morgan fingerprint density at radius 1 is 1.07 bits per heavy atom. The molecule has 0 aromatic heterocycles. The van der Waals surface area contributed by atoms with Gasteiger partial charge in [0, 0.05) is 12.1 Å². The second kappa shape index (κ2) is 7.02. The van der Waals surface area contributed by atoms with E-state index in [0.29, 0.717) is 17.7 Å². The number of nitrogens with one attached hydrogen (secondary N) is 1. The molecule has 1 N–H and O–H groups in total. The highest BCUT2D eigenvalue weighted by Crippen LogP contribution is 2.29. The maximum absolute atomic E-state index is 13.1. The number of hydrogen-bond donors (Lipinski definition) is 1. The van der Waals surface area contributed by atoms with Gasteiger partial charge in [0.1, 0.15) is 5.75 Å². The lowest BCUT2D eigenvalue weighted by molar-refractivity contribution is 0.411. The van der Waals surface area contributed by atoms with Gasteiger partial charge in [-0.3, -0.25) is 0 Å². The summed E-state index contributed by atoms with van der Waals surface area (Å²) in [6, 6.07) is 3.15. The molecule has 2 aliphatic heterocycles. The highest BCUT2D eigenvalue weighted by Gasteiger charge is 2.47. The summed E-state index contributed by atoms with van der Waals surface area (Å²) in [7, 11) is -9.15. The summed E-state index contributed by atoms with van der Waals surface area (Å²) in [5.74, 6) is -0.323. The number of aryl methyl sites for hydroxylation is 1. The molecule has 1 unspecified atom stereocenters. The van der Waals surface area contributed by atoms with Gasteiger partial charge in [-0.25, -0.2) is 25.3 Å². The van der Waals surface area contributed by atoms with E-state index >= 15 is 0 Å². The third-order valence-electron chi connectivity index (χ3n) is 5.08. The Bertz CT molecular complexity index is 1050. The Morgan fingerprint density at radius 3 is 2.33 bits per heavy atom. The molecule has 0 amide bonds. The van der Waals surface area contributed by atoms with Crippen molar-refractivity contribution >= 4 is 29.5 Å². The molecule has 0 saturated carbocycles. The van der Waals surface area contributed by atoms with Gasteiger partial charge in [-0.2, -0.15) is 0 Å². The van der Waals surface area contributed by atoms with Gasteiger partial charge in [0.25, 0.3) is 0 Å². The number of hydrogen-bond acceptors (Lipinski definition) is 8. The average molecular weight is 438 g/mol. The van der Waals surface area contributed by atoms with Crippen LogP contribution in [0.2, 0.25) is 0 Å². The van der Waals surface area contributed by atoms with Crippen LogP contribution in [0.3, 0.4) is 0 Å². The van der Waals surface area contributed by atoms with Crippen molar-refractivity contribution < 1.29 is 30.0 Å². The molecule has 27 heavy (non-hydrogen) atoms. The Balaban J connectivity index is 1.90. The van der Waals surface area contributed by atoms with E-state index in [0.717, 1.165) is 0 Å². The van der Waals surface area contributed by atoms with Crippen molar-refractivity contribution in [1.82, 2.24) is 5.32 Å². The molecule has 2 heterocycles. The van der Waals surface area contributed by atoms with Crippen LogP contribution in [0.15, 0.2) is 23.1 Å². The first kappa shape index (κ1) is 20.6. The molecule has 2 aliphatic rings. The van der Waals surface area contributed by atoms with Gasteiger partial charge in [0.15, 0.2) is 29.5 Å². The zero-order valence-corrected chi connectivity index (χ0v) is 17.5. The predicted octanol–water partition coefficient (Wildman–Crippen LogP) is -0.280. The van der Waals surface area contributed by atoms with Crippen LogP contribution in [0, 0.1) is 6.92 Å². The fraction of sp³-hybridized carbons (Fsp3) is 0.625. The third-order valence-corrected chi connectivity index (χ3v) is 11.0. The second-order valence-electron chi connectivity index (χ2n) is 7.16. The Morgan fingerprint density at radius 2 is 1.78 bits per heavy atom. The quantitative estimate of drug-likeness (QED) is 0.667. The summed E-state index contributed by atoms with van der Waals surface area (Å²) in [5, 5.41) is 1.84. The predicted molar refractivity (Wildman–Crippen MR) is 101 cm³/mol. The van der Waals surface area contributed by atoms with E-state index in [1.54, 1.807) is 6.92 Å². The van der Waals surface area contributed by atoms with Crippen LogP contribution in [0.4, 0.5) is 0 Å². The SMILES string of the molecule is COc1ccc(S(=O)(=O)[C@H]2CS(=O)(=O)C[C@@H]2NC2CCS(=O)(=O)C2)cc1C. The molecule has 3 rings (SSSR count). The molecule has 0 aliphatic carbocycles. The molecule has 0 bridgehead atoms. The highest BCUT2D eigenvalue weighted by molar-refractivity contribution is 7.96. The highest BCUT2D eigenvalue weighted by atomic mass is 32.2. The monoisotopic (exact) mass is 437 g/mol. The van der Waals surface area contributed by atoms with Gasteiger partial charge >= 0.3 is 0 Å². The van der Waals surface area contributed by atoms with Crippen molar-refractivity contribution in [1.29, 1.82) is 0 Å². The van der Waals surface area contributed by atoms with E-state index in [2.05, 4.69) is 5.32 Å². The lowest BCUT2D eigenvalue weighted by Crippen LogP contribution is -2.48. The van der Waals surface area contributed by atoms with Crippen molar-refractivity contribution in [2.75, 3.05) is 30.1 Å². The first-order valence-electron chi connectivity index (χ1n) is 8.49. The maximum atomic E-state index is 13.1. The van der Waals surface area contributed by atoms with E-state index < -0.39 is 52.6 Å². The first-order valence-corrected chi connectivity index (χ1v) is 13.7. The standard InChI is InChI=1S/C16H23NO7S3/c1-11-7-13(3-4-15(11)24-2)27(22,23)16-10-26(20,21)9-14(16)17-12-5-6-25(18,19)8-12/h3-4,7,12,14,16-17H,5-6,8-10H2,1-2H3/t12?,14-,16-/m0/s1. The summed E-state index contributed by atoms with van der Waals surface area (Å²) < 4.78 is 79.0. The topological polar surface area (TPSA) is 124 Å². The van der Waals surface area contributed by atoms with Gasteiger partial charge in [-0.15, -0.1) is 0 Å². The van der Waals surface area contributed by atoms with Crippen LogP contribution in [0.25, 0.3) is 0 Å². The first-order chi connectivity index (χ1) is 12.4. The summed E-state index contributed by atoms with van der Waals surface area (Å²) in [6.07, 6.45) is 0.354. The molecule has 0 spiro atoms. The molecule has 152 valence electrons. The molecule has 1 aromatic rings. The minimum Gasteiger partial charge on any atom is -0.496 e. The van der Waals surface area contributed by atoms with E-state index in [4.69, 9.17) is 4.74 Å². The fourth-order valence-corrected chi connectivity index (χ4v) is 10.2. The molecular formula is C16H23NO7S3. The number of methoxy groups -OCH3 is 1. The van der Waals surface area contributed by atoms with Crippen LogP contribution in [0.1, 0.15) is 12.0 Å².